The van der Waals surface area contributed by atoms with Gasteiger partial charge in [0.15, 0.2) is 5.82 Å². The molecule has 0 unspecified atom stereocenters. The molecule has 1 aromatic rings. The van der Waals surface area contributed by atoms with Crippen LogP contribution in [0.5, 0.6) is 0 Å². The van der Waals surface area contributed by atoms with Gasteiger partial charge in [0.1, 0.15) is 5.60 Å². The van der Waals surface area contributed by atoms with Crippen molar-refractivity contribution in [2.45, 2.75) is 26.4 Å². The van der Waals surface area contributed by atoms with Gasteiger partial charge in [0.2, 0.25) is 5.76 Å². The van der Waals surface area contributed by atoms with Gasteiger partial charge in [-0.05, 0) is 20.8 Å². The van der Waals surface area contributed by atoms with E-state index >= 15 is 0 Å². The largest absolute Gasteiger partial charge is 0.454 e. The fourth-order valence-electron chi connectivity index (χ4n) is 0.713. The van der Waals surface area contributed by atoms with Crippen molar-refractivity contribution in [3.8, 4) is 0 Å². The highest BCUT2D eigenvalue weighted by molar-refractivity contribution is 5.87. The van der Waals surface area contributed by atoms with Crippen LogP contribution in [0.4, 0.5) is 5.82 Å². The number of rotatable bonds is 1. The van der Waals surface area contributed by atoms with Gasteiger partial charge in [0.25, 0.3) is 0 Å². The second-order valence-corrected chi connectivity index (χ2v) is 3.62. The van der Waals surface area contributed by atoms with Crippen molar-refractivity contribution in [1.29, 1.82) is 0 Å². The number of hydrogen-bond acceptors (Lipinski definition) is 5. The molecule has 1 heterocycles. The number of aromatic nitrogens is 1. The fourth-order valence-corrected chi connectivity index (χ4v) is 0.713. The molecule has 0 aliphatic carbocycles. The Labute approximate surface area is 75.8 Å². The van der Waals surface area contributed by atoms with Gasteiger partial charge in [0.05, 0.1) is 0 Å². The Morgan fingerprint density at radius 2 is 2.23 bits per heavy atom. The number of anilines is 1. The first kappa shape index (κ1) is 9.57. The molecule has 0 aliphatic heterocycles. The van der Waals surface area contributed by atoms with Gasteiger partial charge in [-0.3, -0.25) is 0 Å². The van der Waals surface area contributed by atoms with E-state index in [9.17, 15) is 4.79 Å². The van der Waals surface area contributed by atoms with Crippen LogP contribution in [0, 0.1) is 0 Å². The summed E-state index contributed by atoms with van der Waals surface area (Å²) in [4.78, 5) is 11.3. The third-order valence-corrected chi connectivity index (χ3v) is 1.13. The highest BCUT2D eigenvalue weighted by atomic mass is 16.6. The molecule has 0 amide bonds. The maximum atomic E-state index is 11.3. The number of hydrogen-bond donors (Lipinski definition) is 1. The number of nitrogens with two attached hydrogens (primary N) is 1. The molecule has 0 fully saturated rings. The minimum absolute atomic E-state index is 0.0208. The average molecular weight is 184 g/mol. The molecule has 0 radical (unpaired) electrons. The molecule has 0 saturated heterocycles. The number of carbonyl (C=O) groups excluding carboxylic acids is 1. The summed E-state index contributed by atoms with van der Waals surface area (Å²) < 4.78 is 9.63. The van der Waals surface area contributed by atoms with E-state index in [0.29, 0.717) is 0 Å². The van der Waals surface area contributed by atoms with Gasteiger partial charge in [-0.1, -0.05) is 5.16 Å². The zero-order chi connectivity index (χ0) is 10.1. The first-order chi connectivity index (χ1) is 5.88. The maximum Gasteiger partial charge on any atom is 0.377 e. The molecule has 13 heavy (non-hydrogen) atoms. The molecule has 0 spiro atoms. The van der Waals surface area contributed by atoms with Crippen LogP contribution in [0.25, 0.3) is 0 Å². The molecule has 1 rings (SSSR count). The lowest BCUT2D eigenvalue weighted by atomic mass is 10.2. The minimum atomic E-state index is -0.559. The summed E-state index contributed by atoms with van der Waals surface area (Å²) in [6.07, 6.45) is 0. The van der Waals surface area contributed by atoms with Crippen molar-refractivity contribution < 1.29 is 14.1 Å². The lowest BCUT2D eigenvalue weighted by Crippen LogP contribution is -2.23. The molecule has 0 atom stereocenters. The molecule has 0 aliphatic rings. The summed E-state index contributed by atoms with van der Waals surface area (Å²) in [5.74, 6) is -0.370. The van der Waals surface area contributed by atoms with Gasteiger partial charge in [-0.2, -0.15) is 0 Å². The third kappa shape index (κ3) is 2.77. The Bertz CT molecular complexity index is 311. The van der Waals surface area contributed by atoms with Crippen molar-refractivity contribution in [2.24, 2.45) is 0 Å². The average Bonchev–Trinajstić information content (AvgIpc) is 2.31. The van der Waals surface area contributed by atoms with Crippen LogP contribution >= 0.6 is 0 Å². The summed E-state index contributed by atoms with van der Waals surface area (Å²) in [6.45, 7) is 5.31. The minimum Gasteiger partial charge on any atom is -0.454 e. The molecular formula is C8H12N2O3. The van der Waals surface area contributed by atoms with Gasteiger partial charge in [-0.25, -0.2) is 4.79 Å². The Morgan fingerprint density at radius 1 is 1.62 bits per heavy atom. The normalized spacial score (nSPS) is 11.3. The zero-order valence-corrected chi connectivity index (χ0v) is 7.83. The van der Waals surface area contributed by atoms with Crippen LogP contribution in [0.1, 0.15) is 31.3 Å². The number of nitrogens with zero attached hydrogens (tertiary/aromatic N) is 1. The first-order valence-corrected chi connectivity index (χ1v) is 3.84. The molecule has 0 bridgehead atoms. The van der Waals surface area contributed by atoms with E-state index in [1.54, 1.807) is 20.8 Å². The van der Waals surface area contributed by atoms with Crippen LogP contribution in [-0.4, -0.2) is 16.7 Å². The van der Waals surface area contributed by atoms with Gasteiger partial charge >= 0.3 is 5.97 Å². The molecular weight excluding hydrogens is 172 g/mol. The highest BCUT2D eigenvalue weighted by Gasteiger charge is 2.20. The number of ether oxygens (including phenoxy) is 1. The van der Waals surface area contributed by atoms with Crippen molar-refractivity contribution in [3.63, 3.8) is 0 Å². The quantitative estimate of drug-likeness (QED) is 0.663. The van der Waals surface area contributed by atoms with Gasteiger partial charge in [0, 0.05) is 6.07 Å². The highest BCUT2D eigenvalue weighted by Crippen LogP contribution is 2.13. The summed E-state index contributed by atoms with van der Waals surface area (Å²) in [5, 5.41) is 3.37. The predicted octanol–water partition coefficient (Wildman–Crippen LogP) is 1.21. The Kier molecular flexibility index (Phi) is 2.27. The Hall–Kier alpha value is -1.52. The Morgan fingerprint density at radius 3 is 2.62 bits per heavy atom. The number of nitrogen functional groups attached to an aromatic ring is 1. The van der Waals surface area contributed by atoms with Crippen LogP contribution in [-0.2, 0) is 4.74 Å². The monoisotopic (exact) mass is 184 g/mol. The van der Waals surface area contributed by atoms with Crippen LogP contribution < -0.4 is 5.73 Å². The topological polar surface area (TPSA) is 78.4 Å². The second-order valence-electron chi connectivity index (χ2n) is 3.62. The molecule has 0 aromatic carbocycles. The molecule has 5 nitrogen and oxygen atoms in total. The van der Waals surface area contributed by atoms with E-state index in [-0.39, 0.29) is 11.6 Å². The van der Waals surface area contributed by atoms with E-state index in [1.807, 2.05) is 0 Å². The lowest BCUT2D eigenvalue weighted by molar-refractivity contribution is 0.00278. The standard InChI is InChI=1S/C8H12N2O3/c1-8(2,3)12-7(11)5-4-6(9)10-13-5/h4H,1-3H3,(H2,9,10). The van der Waals surface area contributed by atoms with Crippen molar-refractivity contribution in [2.75, 3.05) is 5.73 Å². The lowest BCUT2D eigenvalue weighted by Gasteiger charge is -2.17. The Balaban J connectivity index is 2.70. The molecule has 1 aromatic heterocycles. The van der Waals surface area contributed by atoms with Crippen LogP contribution in [0.3, 0.4) is 0 Å². The zero-order valence-electron chi connectivity index (χ0n) is 7.83. The van der Waals surface area contributed by atoms with E-state index < -0.39 is 11.6 Å². The van der Waals surface area contributed by atoms with Crippen molar-refractivity contribution >= 4 is 11.8 Å². The van der Waals surface area contributed by atoms with E-state index in [4.69, 9.17) is 10.5 Å². The predicted molar refractivity (Wildman–Crippen MR) is 46.1 cm³/mol. The third-order valence-electron chi connectivity index (χ3n) is 1.13. The van der Waals surface area contributed by atoms with Crippen LogP contribution in [0.15, 0.2) is 10.6 Å². The molecule has 5 heteroatoms. The van der Waals surface area contributed by atoms with Crippen molar-refractivity contribution in [3.05, 3.63) is 11.8 Å². The summed E-state index contributed by atoms with van der Waals surface area (Å²) in [5.41, 5.74) is 4.72. The summed E-state index contributed by atoms with van der Waals surface area (Å²) in [7, 11) is 0. The van der Waals surface area contributed by atoms with E-state index in [1.165, 1.54) is 6.07 Å². The SMILES string of the molecule is CC(C)(C)OC(=O)c1cc(N)no1. The molecule has 0 saturated carbocycles. The fraction of sp³-hybridized carbons (Fsp3) is 0.500. The molecule has 72 valence electrons. The molecule has 2 N–H and O–H groups in total. The van der Waals surface area contributed by atoms with Crippen LogP contribution in [0.2, 0.25) is 0 Å². The van der Waals surface area contributed by atoms with E-state index in [2.05, 4.69) is 9.68 Å². The number of esters is 1. The second kappa shape index (κ2) is 3.08. The van der Waals surface area contributed by atoms with Crippen molar-refractivity contribution in [1.82, 2.24) is 5.16 Å². The number of carbonyl (C=O) groups is 1. The smallest absolute Gasteiger partial charge is 0.377 e. The van der Waals surface area contributed by atoms with Gasteiger partial charge < -0.3 is 15.0 Å². The summed E-state index contributed by atoms with van der Waals surface area (Å²) in [6, 6.07) is 1.33. The first-order valence-electron chi connectivity index (χ1n) is 3.84. The van der Waals surface area contributed by atoms with E-state index in [0.717, 1.165) is 0 Å². The summed E-state index contributed by atoms with van der Waals surface area (Å²) >= 11 is 0. The van der Waals surface area contributed by atoms with Gasteiger partial charge in [-0.15, -0.1) is 0 Å². The maximum absolute atomic E-state index is 11.3.